The first-order valence-electron chi connectivity index (χ1n) is 5.69. The third-order valence-electron chi connectivity index (χ3n) is 2.30. The number of nitrogens with two attached hydrogens (primary N) is 1. The van der Waals surface area contributed by atoms with Crippen LogP contribution in [0, 0.1) is 0 Å². The molecule has 0 saturated carbocycles. The lowest BCUT2D eigenvalue weighted by Crippen LogP contribution is -2.32. The van der Waals surface area contributed by atoms with E-state index in [2.05, 4.69) is 18.8 Å². The largest absolute Gasteiger partial charge is 0.384 e. The van der Waals surface area contributed by atoms with Crippen LogP contribution in [0.25, 0.3) is 0 Å². The number of aromatic nitrogens is 1. The molecule has 4 nitrogen and oxygen atoms in total. The lowest BCUT2D eigenvalue weighted by atomic mass is 10.2. The fourth-order valence-corrected chi connectivity index (χ4v) is 1.62. The molecule has 1 aromatic rings. The van der Waals surface area contributed by atoms with Crippen molar-refractivity contribution >= 4 is 11.7 Å². The Labute approximate surface area is 96.5 Å². The van der Waals surface area contributed by atoms with Crippen LogP contribution in [0.3, 0.4) is 0 Å². The first-order chi connectivity index (χ1) is 7.69. The monoisotopic (exact) mass is 221 g/mol. The van der Waals surface area contributed by atoms with Crippen molar-refractivity contribution in [1.82, 2.24) is 9.88 Å². The van der Waals surface area contributed by atoms with Gasteiger partial charge in [0.1, 0.15) is 5.82 Å². The smallest absolute Gasteiger partial charge is 0.254 e. The van der Waals surface area contributed by atoms with Crippen molar-refractivity contribution in [3.63, 3.8) is 0 Å². The molecular weight excluding hydrogens is 202 g/mol. The van der Waals surface area contributed by atoms with Gasteiger partial charge in [-0.3, -0.25) is 4.79 Å². The minimum Gasteiger partial charge on any atom is -0.384 e. The molecule has 1 aromatic heterocycles. The van der Waals surface area contributed by atoms with E-state index in [1.807, 2.05) is 4.90 Å². The minimum absolute atomic E-state index is 0.0396. The molecule has 0 aliphatic carbocycles. The van der Waals surface area contributed by atoms with Crippen molar-refractivity contribution in [3.8, 4) is 0 Å². The van der Waals surface area contributed by atoms with Gasteiger partial charge in [-0.25, -0.2) is 4.98 Å². The molecule has 16 heavy (non-hydrogen) atoms. The van der Waals surface area contributed by atoms with E-state index in [1.165, 1.54) is 0 Å². The van der Waals surface area contributed by atoms with E-state index in [4.69, 9.17) is 5.73 Å². The van der Waals surface area contributed by atoms with Gasteiger partial charge in [0.05, 0.1) is 0 Å². The maximum Gasteiger partial charge on any atom is 0.254 e. The molecule has 88 valence electrons. The summed E-state index contributed by atoms with van der Waals surface area (Å²) in [4.78, 5) is 17.9. The molecule has 0 spiro atoms. The van der Waals surface area contributed by atoms with Crippen molar-refractivity contribution in [1.29, 1.82) is 0 Å². The molecule has 1 amide bonds. The maximum atomic E-state index is 12.1. The number of pyridine rings is 1. The van der Waals surface area contributed by atoms with Gasteiger partial charge in [-0.15, -0.1) is 0 Å². The molecule has 0 aliphatic heterocycles. The predicted molar refractivity (Wildman–Crippen MR) is 65.1 cm³/mol. The van der Waals surface area contributed by atoms with Gasteiger partial charge in [-0.05, 0) is 25.0 Å². The summed E-state index contributed by atoms with van der Waals surface area (Å²) < 4.78 is 0. The summed E-state index contributed by atoms with van der Waals surface area (Å²) in [5.41, 5.74) is 6.18. The van der Waals surface area contributed by atoms with E-state index in [1.54, 1.807) is 18.3 Å². The summed E-state index contributed by atoms with van der Waals surface area (Å²) in [5, 5.41) is 0. The fourth-order valence-electron chi connectivity index (χ4n) is 1.62. The Kier molecular flexibility index (Phi) is 4.76. The summed E-state index contributed by atoms with van der Waals surface area (Å²) in [7, 11) is 0. The van der Waals surface area contributed by atoms with E-state index >= 15 is 0 Å². The molecular formula is C12H19N3O. The standard InChI is InChI=1S/C12H19N3O/c1-3-7-15(8-4-2)12(16)10-5-6-14-11(13)9-10/h5-6,9H,3-4,7-8H2,1-2H3,(H2,13,14). The number of carbonyl (C=O) groups excluding carboxylic acids is 1. The molecule has 0 aliphatic rings. The van der Waals surface area contributed by atoms with Crippen molar-refractivity contribution in [3.05, 3.63) is 23.9 Å². The summed E-state index contributed by atoms with van der Waals surface area (Å²) in [5.74, 6) is 0.427. The first-order valence-corrected chi connectivity index (χ1v) is 5.69. The summed E-state index contributed by atoms with van der Waals surface area (Å²) >= 11 is 0. The molecule has 0 atom stereocenters. The molecule has 0 unspecified atom stereocenters. The van der Waals surface area contributed by atoms with Gasteiger partial charge in [-0.1, -0.05) is 13.8 Å². The van der Waals surface area contributed by atoms with Gasteiger partial charge in [0.2, 0.25) is 0 Å². The SMILES string of the molecule is CCCN(CCC)C(=O)c1ccnc(N)c1. The van der Waals surface area contributed by atoms with Crippen LogP contribution < -0.4 is 5.73 Å². The molecule has 0 aromatic carbocycles. The second kappa shape index (κ2) is 6.10. The second-order valence-electron chi connectivity index (χ2n) is 3.76. The molecule has 4 heteroatoms. The van der Waals surface area contributed by atoms with E-state index in [-0.39, 0.29) is 5.91 Å². The normalized spacial score (nSPS) is 10.1. The lowest BCUT2D eigenvalue weighted by molar-refractivity contribution is 0.0755. The van der Waals surface area contributed by atoms with E-state index in [0.717, 1.165) is 25.9 Å². The highest BCUT2D eigenvalue weighted by molar-refractivity contribution is 5.94. The van der Waals surface area contributed by atoms with E-state index in [9.17, 15) is 4.79 Å². The lowest BCUT2D eigenvalue weighted by Gasteiger charge is -2.21. The Balaban J connectivity index is 2.81. The zero-order valence-electron chi connectivity index (χ0n) is 9.94. The average Bonchev–Trinajstić information content (AvgIpc) is 2.28. The second-order valence-corrected chi connectivity index (χ2v) is 3.76. The molecule has 0 bridgehead atoms. The van der Waals surface area contributed by atoms with Crippen LogP contribution >= 0.6 is 0 Å². The van der Waals surface area contributed by atoms with Gasteiger partial charge in [0.15, 0.2) is 0 Å². The van der Waals surface area contributed by atoms with Crippen LogP contribution in [0.1, 0.15) is 37.0 Å². The number of anilines is 1. The van der Waals surface area contributed by atoms with Crippen LogP contribution in [-0.4, -0.2) is 28.9 Å². The quantitative estimate of drug-likeness (QED) is 0.826. The van der Waals surface area contributed by atoms with Gasteiger partial charge < -0.3 is 10.6 Å². The molecule has 0 saturated heterocycles. The van der Waals surface area contributed by atoms with Crippen LogP contribution in [-0.2, 0) is 0 Å². The topological polar surface area (TPSA) is 59.2 Å². The van der Waals surface area contributed by atoms with Crippen LogP contribution in [0.15, 0.2) is 18.3 Å². The number of amides is 1. The fraction of sp³-hybridized carbons (Fsp3) is 0.500. The van der Waals surface area contributed by atoms with Gasteiger partial charge in [-0.2, -0.15) is 0 Å². The highest BCUT2D eigenvalue weighted by Gasteiger charge is 2.14. The van der Waals surface area contributed by atoms with Crippen molar-refractivity contribution in [2.45, 2.75) is 26.7 Å². The minimum atomic E-state index is 0.0396. The third-order valence-corrected chi connectivity index (χ3v) is 2.30. The van der Waals surface area contributed by atoms with Crippen molar-refractivity contribution in [2.24, 2.45) is 0 Å². The Morgan fingerprint density at radius 2 is 2.00 bits per heavy atom. The summed E-state index contributed by atoms with van der Waals surface area (Å²) in [6, 6.07) is 3.33. The number of rotatable bonds is 5. The van der Waals surface area contributed by atoms with Crippen LogP contribution in [0.5, 0.6) is 0 Å². The van der Waals surface area contributed by atoms with Gasteiger partial charge in [0, 0.05) is 24.8 Å². The Bertz CT molecular complexity index is 346. The van der Waals surface area contributed by atoms with E-state index in [0.29, 0.717) is 11.4 Å². The summed E-state index contributed by atoms with van der Waals surface area (Å²) in [6.45, 7) is 5.71. The number of hydrogen-bond donors (Lipinski definition) is 1. The van der Waals surface area contributed by atoms with Gasteiger partial charge >= 0.3 is 0 Å². The number of nitrogen functional groups attached to an aromatic ring is 1. The van der Waals surface area contributed by atoms with E-state index < -0.39 is 0 Å². The number of nitrogens with zero attached hydrogens (tertiary/aromatic N) is 2. The average molecular weight is 221 g/mol. The summed E-state index contributed by atoms with van der Waals surface area (Å²) in [6.07, 6.45) is 3.50. The number of carbonyl (C=O) groups is 1. The third kappa shape index (κ3) is 3.22. The van der Waals surface area contributed by atoms with Crippen LogP contribution in [0.2, 0.25) is 0 Å². The Morgan fingerprint density at radius 1 is 1.38 bits per heavy atom. The Hall–Kier alpha value is -1.58. The molecule has 2 N–H and O–H groups in total. The zero-order chi connectivity index (χ0) is 12.0. The molecule has 1 heterocycles. The highest BCUT2D eigenvalue weighted by Crippen LogP contribution is 2.08. The van der Waals surface area contributed by atoms with Crippen molar-refractivity contribution in [2.75, 3.05) is 18.8 Å². The number of hydrogen-bond acceptors (Lipinski definition) is 3. The predicted octanol–water partition coefficient (Wildman–Crippen LogP) is 1.93. The Morgan fingerprint density at radius 3 is 2.50 bits per heavy atom. The van der Waals surface area contributed by atoms with Crippen molar-refractivity contribution < 1.29 is 4.79 Å². The maximum absolute atomic E-state index is 12.1. The molecule has 0 radical (unpaired) electrons. The van der Waals surface area contributed by atoms with Crippen LogP contribution in [0.4, 0.5) is 5.82 Å². The molecule has 0 fully saturated rings. The highest BCUT2D eigenvalue weighted by atomic mass is 16.2. The molecule has 1 rings (SSSR count). The zero-order valence-corrected chi connectivity index (χ0v) is 9.94. The first kappa shape index (κ1) is 12.5. The van der Waals surface area contributed by atoms with Gasteiger partial charge in [0.25, 0.3) is 5.91 Å².